The lowest BCUT2D eigenvalue weighted by atomic mass is 9.94. The van der Waals surface area contributed by atoms with E-state index in [0.717, 1.165) is 25.7 Å². The standard InChI is InChI=1S/C23H25Cl3N2O3/c1-31-20-12-11-18(13-19(20)26)28(21(29)14-24)22(15-7-9-16(25)10-8-15)23(30)27-17-5-3-2-4-6-17/h7-13,17,22H,2-6,14H2,1H3,(H,27,30)/t22-/m0/s1. The van der Waals surface area contributed by atoms with E-state index in [0.29, 0.717) is 27.0 Å². The zero-order valence-electron chi connectivity index (χ0n) is 17.2. The van der Waals surface area contributed by atoms with Crippen molar-refractivity contribution < 1.29 is 14.3 Å². The van der Waals surface area contributed by atoms with Crippen LogP contribution in [0.1, 0.15) is 43.7 Å². The van der Waals surface area contributed by atoms with Crippen LogP contribution in [0.5, 0.6) is 5.75 Å². The Labute approximate surface area is 197 Å². The van der Waals surface area contributed by atoms with Gasteiger partial charge in [0.1, 0.15) is 17.7 Å². The summed E-state index contributed by atoms with van der Waals surface area (Å²) in [5.41, 5.74) is 1.08. The van der Waals surface area contributed by atoms with E-state index in [9.17, 15) is 9.59 Å². The number of anilines is 1. The van der Waals surface area contributed by atoms with Crippen LogP contribution in [0.25, 0.3) is 0 Å². The van der Waals surface area contributed by atoms with E-state index in [1.807, 2.05) is 0 Å². The highest BCUT2D eigenvalue weighted by molar-refractivity contribution is 6.33. The summed E-state index contributed by atoms with van der Waals surface area (Å²) in [7, 11) is 1.51. The third kappa shape index (κ3) is 5.85. The van der Waals surface area contributed by atoms with Gasteiger partial charge in [0, 0.05) is 16.8 Å². The van der Waals surface area contributed by atoms with Crippen molar-refractivity contribution >= 4 is 52.3 Å². The molecule has 0 aromatic heterocycles. The molecule has 1 atom stereocenters. The number of ether oxygens (including phenoxy) is 1. The molecule has 2 amide bonds. The van der Waals surface area contributed by atoms with Gasteiger partial charge in [-0.25, -0.2) is 0 Å². The van der Waals surface area contributed by atoms with E-state index in [2.05, 4.69) is 5.32 Å². The van der Waals surface area contributed by atoms with Gasteiger partial charge in [0.05, 0.1) is 12.1 Å². The number of methoxy groups -OCH3 is 1. The molecule has 1 saturated carbocycles. The van der Waals surface area contributed by atoms with E-state index < -0.39 is 11.9 Å². The number of carbonyl (C=O) groups is 2. The van der Waals surface area contributed by atoms with Gasteiger partial charge in [0.25, 0.3) is 0 Å². The highest BCUT2D eigenvalue weighted by Crippen LogP contribution is 2.34. The Morgan fingerprint density at radius 3 is 2.35 bits per heavy atom. The number of carbonyl (C=O) groups excluding carboxylic acids is 2. The molecule has 0 radical (unpaired) electrons. The van der Waals surface area contributed by atoms with Crippen LogP contribution in [0, 0.1) is 0 Å². The van der Waals surface area contributed by atoms with Crippen molar-refractivity contribution in [2.75, 3.05) is 17.9 Å². The van der Waals surface area contributed by atoms with Crippen LogP contribution in [0.4, 0.5) is 5.69 Å². The van der Waals surface area contributed by atoms with Gasteiger partial charge in [-0.2, -0.15) is 0 Å². The van der Waals surface area contributed by atoms with Crippen molar-refractivity contribution in [1.82, 2.24) is 5.32 Å². The molecule has 0 spiro atoms. The number of nitrogens with one attached hydrogen (secondary N) is 1. The summed E-state index contributed by atoms with van der Waals surface area (Å²) < 4.78 is 5.22. The summed E-state index contributed by atoms with van der Waals surface area (Å²) >= 11 is 18.3. The van der Waals surface area contributed by atoms with E-state index >= 15 is 0 Å². The molecule has 2 aromatic rings. The summed E-state index contributed by atoms with van der Waals surface area (Å²) in [5, 5.41) is 4.00. The van der Waals surface area contributed by atoms with Crippen LogP contribution in [0.3, 0.4) is 0 Å². The Morgan fingerprint density at radius 1 is 1.10 bits per heavy atom. The monoisotopic (exact) mass is 482 g/mol. The largest absolute Gasteiger partial charge is 0.495 e. The van der Waals surface area contributed by atoms with Gasteiger partial charge >= 0.3 is 0 Å². The first-order chi connectivity index (χ1) is 14.9. The van der Waals surface area contributed by atoms with Gasteiger partial charge < -0.3 is 10.1 Å². The highest BCUT2D eigenvalue weighted by Gasteiger charge is 2.34. The first kappa shape index (κ1) is 23.7. The van der Waals surface area contributed by atoms with Crippen molar-refractivity contribution in [2.24, 2.45) is 0 Å². The number of hydrogen-bond donors (Lipinski definition) is 1. The molecule has 31 heavy (non-hydrogen) atoms. The number of alkyl halides is 1. The minimum Gasteiger partial charge on any atom is -0.495 e. The lowest BCUT2D eigenvalue weighted by Gasteiger charge is -2.33. The Hall–Kier alpha value is -1.95. The van der Waals surface area contributed by atoms with Crippen molar-refractivity contribution in [3.63, 3.8) is 0 Å². The van der Waals surface area contributed by atoms with Crippen LogP contribution in [-0.4, -0.2) is 30.8 Å². The van der Waals surface area contributed by atoms with E-state index in [4.69, 9.17) is 39.5 Å². The molecule has 3 rings (SSSR count). The molecule has 0 bridgehead atoms. The lowest BCUT2D eigenvalue weighted by Crippen LogP contribution is -2.47. The smallest absolute Gasteiger partial charge is 0.248 e. The normalized spacial score (nSPS) is 15.2. The van der Waals surface area contributed by atoms with Crippen molar-refractivity contribution in [1.29, 1.82) is 0 Å². The number of benzene rings is 2. The quantitative estimate of drug-likeness (QED) is 0.509. The maximum Gasteiger partial charge on any atom is 0.248 e. The van der Waals surface area contributed by atoms with Crippen LogP contribution >= 0.6 is 34.8 Å². The molecule has 0 heterocycles. The predicted octanol–water partition coefficient (Wildman–Crippen LogP) is 5.76. The van der Waals surface area contributed by atoms with Crippen LogP contribution in [0.2, 0.25) is 10.0 Å². The maximum atomic E-state index is 13.5. The Kier molecular flexibility index (Phi) is 8.47. The Morgan fingerprint density at radius 2 is 1.77 bits per heavy atom. The van der Waals surface area contributed by atoms with Gasteiger partial charge in [-0.05, 0) is 48.7 Å². The minimum atomic E-state index is -0.921. The second-order valence-corrected chi connectivity index (χ2v) is 8.62. The number of nitrogens with zero attached hydrogens (tertiary/aromatic N) is 1. The topological polar surface area (TPSA) is 58.6 Å². The summed E-state index contributed by atoms with van der Waals surface area (Å²) in [6.07, 6.45) is 5.19. The SMILES string of the molecule is COc1ccc(N(C(=O)CCl)[C@H](C(=O)NC2CCCCC2)c2ccc(Cl)cc2)cc1Cl. The fourth-order valence-electron chi connectivity index (χ4n) is 3.90. The number of hydrogen-bond acceptors (Lipinski definition) is 3. The predicted molar refractivity (Wildman–Crippen MR) is 125 cm³/mol. The highest BCUT2D eigenvalue weighted by atomic mass is 35.5. The third-order valence-corrected chi connectivity index (χ3v) is 6.22. The third-order valence-electron chi connectivity index (χ3n) is 5.44. The average molecular weight is 484 g/mol. The van der Waals surface area contributed by atoms with Gasteiger partial charge in [-0.3, -0.25) is 14.5 Å². The summed E-state index contributed by atoms with van der Waals surface area (Å²) in [6.45, 7) is 0. The molecule has 0 unspecified atom stereocenters. The van der Waals surface area contributed by atoms with Gasteiger partial charge in [0.2, 0.25) is 11.8 Å². The Bertz CT molecular complexity index is 915. The fraction of sp³-hybridized carbons (Fsp3) is 0.391. The number of amides is 2. The molecular formula is C23H25Cl3N2O3. The van der Waals surface area contributed by atoms with E-state index in [1.165, 1.54) is 18.4 Å². The number of rotatable bonds is 7. The molecule has 5 nitrogen and oxygen atoms in total. The number of halogens is 3. The molecule has 8 heteroatoms. The molecule has 1 N–H and O–H groups in total. The average Bonchev–Trinajstić information content (AvgIpc) is 2.78. The second kappa shape index (κ2) is 11.1. The first-order valence-electron chi connectivity index (χ1n) is 10.2. The van der Waals surface area contributed by atoms with Gasteiger partial charge in [0.15, 0.2) is 0 Å². The molecule has 0 saturated heterocycles. The van der Waals surface area contributed by atoms with Crippen molar-refractivity contribution in [3.05, 3.63) is 58.1 Å². The lowest BCUT2D eigenvalue weighted by molar-refractivity contribution is -0.126. The minimum absolute atomic E-state index is 0.0865. The molecule has 1 aliphatic carbocycles. The second-order valence-electron chi connectivity index (χ2n) is 7.51. The zero-order valence-corrected chi connectivity index (χ0v) is 19.5. The van der Waals surface area contributed by atoms with E-state index in [-0.39, 0.29) is 17.8 Å². The van der Waals surface area contributed by atoms with Gasteiger partial charge in [-0.15, -0.1) is 11.6 Å². The van der Waals surface area contributed by atoms with Gasteiger partial charge in [-0.1, -0.05) is 54.6 Å². The first-order valence-corrected chi connectivity index (χ1v) is 11.5. The summed E-state index contributed by atoms with van der Waals surface area (Å²) in [6, 6.07) is 11.0. The Balaban J connectivity index is 2.04. The summed E-state index contributed by atoms with van der Waals surface area (Å²) in [4.78, 5) is 27.9. The molecule has 166 valence electrons. The molecule has 0 aliphatic heterocycles. The van der Waals surface area contributed by atoms with E-state index in [1.54, 1.807) is 42.5 Å². The van der Waals surface area contributed by atoms with Crippen LogP contribution in [0.15, 0.2) is 42.5 Å². The van der Waals surface area contributed by atoms with Crippen LogP contribution < -0.4 is 15.0 Å². The maximum absolute atomic E-state index is 13.5. The molecule has 2 aromatic carbocycles. The molecular weight excluding hydrogens is 459 g/mol. The van der Waals surface area contributed by atoms with Crippen molar-refractivity contribution in [3.8, 4) is 5.75 Å². The summed E-state index contributed by atoms with van der Waals surface area (Å²) in [5.74, 6) is -0.496. The molecule has 1 aliphatic rings. The van der Waals surface area contributed by atoms with Crippen LogP contribution in [-0.2, 0) is 9.59 Å². The van der Waals surface area contributed by atoms with Crippen molar-refractivity contribution in [2.45, 2.75) is 44.2 Å². The molecule has 1 fully saturated rings. The fourth-order valence-corrected chi connectivity index (χ4v) is 4.40. The zero-order chi connectivity index (χ0) is 22.4.